The van der Waals surface area contributed by atoms with Crippen molar-refractivity contribution in [2.75, 3.05) is 0 Å². The molecule has 0 radical (unpaired) electrons. The van der Waals surface area contributed by atoms with Crippen molar-refractivity contribution in [2.45, 2.75) is 6.10 Å². The summed E-state index contributed by atoms with van der Waals surface area (Å²) in [4.78, 5) is 12.8. The Kier molecular flexibility index (Phi) is 4.14. The van der Waals surface area contributed by atoms with Crippen molar-refractivity contribution in [1.82, 2.24) is 15.0 Å². The molecule has 25 heavy (non-hydrogen) atoms. The number of nitrogens with zero attached hydrogens (tertiary/aromatic N) is 3. The van der Waals surface area contributed by atoms with E-state index >= 15 is 0 Å². The summed E-state index contributed by atoms with van der Waals surface area (Å²) in [5.41, 5.74) is 3.75. The van der Waals surface area contributed by atoms with Gasteiger partial charge in [-0.1, -0.05) is 60.1 Å². The molecule has 0 aliphatic rings. The van der Waals surface area contributed by atoms with E-state index in [1.807, 2.05) is 60.7 Å². The second kappa shape index (κ2) is 6.59. The lowest BCUT2D eigenvalue weighted by Gasteiger charge is -2.12. The summed E-state index contributed by atoms with van der Waals surface area (Å²) in [6.07, 6.45) is 2.05. The number of rotatable bonds is 3. The molecule has 0 fully saturated rings. The molecule has 2 aromatic carbocycles. The number of aromatic nitrogens is 3. The van der Waals surface area contributed by atoms with E-state index in [1.165, 1.54) is 12.4 Å². The van der Waals surface area contributed by atoms with E-state index in [-0.39, 0.29) is 5.15 Å². The van der Waals surface area contributed by atoms with Gasteiger partial charge in [0.15, 0.2) is 5.15 Å². The minimum atomic E-state index is -0.951. The number of hydrogen-bond donors (Lipinski definition) is 1. The zero-order valence-electron chi connectivity index (χ0n) is 13.2. The summed E-state index contributed by atoms with van der Waals surface area (Å²) in [5, 5.41) is 11.8. The highest BCUT2D eigenvalue weighted by Crippen LogP contribution is 2.28. The predicted octanol–water partition coefficient (Wildman–Crippen LogP) is 4.43. The molecule has 4 nitrogen and oxygen atoms in total. The van der Waals surface area contributed by atoms with Crippen molar-refractivity contribution in [1.29, 1.82) is 0 Å². The standard InChI is InChI=1S/C20H14ClN3O/c21-20-18(22-10-11-23-20)19(25)15-7-6-14-8-9-16(24-17(14)12-15)13-4-2-1-3-5-13/h1-12,19,25H/t19-/m1/s1. The highest BCUT2D eigenvalue weighted by Gasteiger charge is 2.16. The molecule has 0 amide bonds. The molecule has 0 saturated carbocycles. The first kappa shape index (κ1) is 15.7. The number of benzene rings is 2. The van der Waals surface area contributed by atoms with Crippen molar-refractivity contribution in [3.63, 3.8) is 0 Å². The first-order valence-corrected chi connectivity index (χ1v) is 8.21. The molecule has 0 aliphatic heterocycles. The summed E-state index contributed by atoms with van der Waals surface area (Å²) in [6, 6.07) is 19.6. The Morgan fingerprint density at radius 1 is 0.880 bits per heavy atom. The van der Waals surface area contributed by atoms with Crippen LogP contribution < -0.4 is 0 Å². The second-order valence-corrected chi connectivity index (χ2v) is 6.01. The van der Waals surface area contributed by atoms with Crippen LogP contribution in [0.1, 0.15) is 17.4 Å². The van der Waals surface area contributed by atoms with Crippen LogP contribution in [-0.2, 0) is 0 Å². The van der Waals surface area contributed by atoms with E-state index in [0.29, 0.717) is 11.3 Å². The average Bonchev–Trinajstić information content (AvgIpc) is 2.67. The van der Waals surface area contributed by atoms with E-state index in [1.54, 1.807) is 0 Å². The van der Waals surface area contributed by atoms with Gasteiger partial charge in [-0.3, -0.25) is 4.98 Å². The van der Waals surface area contributed by atoms with Crippen LogP contribution >= 0.6 is 11.6 Å². The summed E-state index contributed by atoms with van der Waals surface area (Å²) in [5.74, 6) is 0. The van der Waals surface area contributed by atoms with Crippen LogP contribution in [0.5, 0.6) is 0 Å². The van der Waals surface area contributed by atoms with Crippen LogP contribution in [-0.4, -0.2) is 20.1 Å². The van der Waals surface area contributed by atoms with Crippen LogP contribution in [0, 0.1) is 0 Å². The van der Waals surface area contributed by atoms with Crippen molar-refractivity contribution < 1.29 is 5.11 Å². The first-order valence-electron chi connectivity index (χ1n) is 7.83. The molecule has 2 heterocycles. The number of pyridine rings is 1. The Balaban J connectivity index is 1.78. The van der Waals surface area contributed by atoms with E-state index < -0.39 is 6.10 Å². The molecule has 0 unspecified atom stereocenters. The molecule has 4 rings (SSSR count). The summed E-state index contributed by atoms with van der Waals surface area (Å²) < 4.78 is 0. The Hall–Kier alpha value is -2.82. The lowest BCUT2D eigenvalue weighted by molar-refractivity contribution is 0.215. The van der Waals surface area contributed by atoms with Gasteiger partial charge in [-0.05, 0) is 17.7 Å². The van der Waals surface area contributed by atoms with Crippen molar-refractivity contribution in [3.05, 3.63) is 89.5 Å². The molecule has 122 valence electrons. The van der Waals surface area contributed by atoms with Crippen LogP contribution in [0.25, 0.3) is 22.2 Å². The highest BCUT2D eigenvalue weighted by molar-refractivity contribution is 6.30. The van der Waals surface area contributed by atoms with Gasteiger partial charge in [-0.25, -0.2) is 9.97 Å². The molecule has 0 saturated heterocycles. The predicted molar refractivity (Wildman–Crippen MR) is 98.3 cm³/mol. The SMILES string of the molecule is O[C@H](c1ccc2ccc(-c3ccccc3)nc2c1)c1nccnc1Cl. The monoisotopic (exact) mass is 347 g/mol. The second-order valence-electron chi connectivity index (χ2n) is 5.65. The smallest absolute Gasteiger partial charge is 0.153 e. The fourth-order valence-electron chi connectivity index (χ4n) is 2.75. The maximum Gasteiger partial charge on any atom is 0.153 e. The number of hydrogen-bond acceptors (Lipinski definition) is 4. The first-order chi connectivity index (χ1) is 12.2. The molecule has 0 bridgehead atoms. The Morgan fingerprint density at radius 3 is 2.44 bits per heavy atom. The van der Waals surface area contributed by atoms with Gasteiger partial charge < -0.3 is 5.11 Å². The maximum absolute atomic E-state index is 10.6. The van der Waals surface area contributed by atoms with Crippen LogP contribution in [0.15, 0.2) is 73.1 Å². The van der Waals surface area contributed by atoms with Gasteiger partial charge in [-0.15, -0.1) is 0 Å². The van der Waals surface area contributed by atoms with Gasteiger partial charge in [0, 0.05) is 23.3 Å². The zero-order chi connectivity index (χ0) is 17.2. The molecule has 0 aliphatic carbocycles. The summed E-state index contributed by atoms with van der Waals surface area (Å²) in [6.45, 7) is 0. The molecular formula is C20H14ClN3O. The average molecular weight is 348 g/mol. The third-order valence-corrected chi connectivity index (χ3v) is 4.33. The van der Waals surface area contributed by atoms with Gasteiger partial charge in [0.05, 0.1) is 11.2 Å². The van der Waals surface area contributed by atoms with Gasteiger partial charge >= 0.3 is 0 Å². The van der Waals surface area contributed by atoms with Crippen LogP contribution in [0.2, 0.25) is 5.15 Å². The third-order valence-electron chi connectivity index (χ3n) is 4.04. The van der Waals surface area contributed by atoms with Crippen molar-refractivity contribution >= 4 is 22.5 Å². The third kappa shape index (κ3) is 3.09. The minimum Gasteiger partial charge on any atom is -0.382 e. The molecule has 1 atom stereocenters. The van der Waals surface area contributed by atoms with Crippen LogP contribution in [0.4, 0.5) is 0 Å². The van der Waals surface area contributed by atoms with Crippen molar-refractivity contribution in [3.8, 4) is 11.3 Å². The molecule has 5 heteroatoms. The molecule has 0 spiro atoms. The normalized spacial score (nSPS) is 12.2. The van der Waals surface area contributed by atoms with E-state index in [4.69, 9.17) is 16.6 Å². The molecule has 4 aromatic rings. The highest BCUT2D eigenvalue weighted by atomic mass is 35.5. The van der Waals surface area contributed by atoms with Crippen molar-refractivity contribution in [2.24, 2.45) is 0 Å². The quantitative estimate of drug-likeness (QED) is 0.595. The number of aliphatic hydroxyl groups is 1. The number of halogens is 1. The number of aliphatic hydroxyl groups excluding tert-OH is 1. The fourth-order valence-corrected chi connectivity index (χ4v) is 2.96. The van der Waals surface area contributed by atoms with Gasteiger partial charge in [0.2, 0.25) is 0 Å². The van der Waals surface area contributed by atoms with E-state index in [9.17, 15) is 5.11 Å². The Labute approximate surface area is 149 Å². The fraction of sp³-hybridized carbons (Fsp3) is 0.0500. The molecule has 1 N–H and O–H groups in total. The lowest BCUT2D eigenvalue weighted by Crippen LogP contribution is -2.04. The minimum absolute atomic E-state index is 0.195. The topological polar surface area (TPSA) is 58.9 Å². The number of fused-ring (bicyclic) bond motifs is 1. The maximum atomic E-state index is 10.6. The summed E-state index contributed by atoms with van der Waals surface area (Å²) in [7, 11) is 0. The zero-order valence-corrected chi connectivity index (χ0v) is 13.9. The van der Waals surface area contributed by atoms with E-state index in [2.05, 4.69) is 9.97 Å². The van der Waals surface area contributed by atoms with E-state index in [0.717, 1.165) is 22.2 Å². The van der Waals surface area contributed by atoms with Gasteiger partial charge in [0.25, 0.3) is 0 Å². The Bertz CT molecular complexity index is 1040. The largest absolute Gasteiger partial charge is 0.382 e. The van der Waals surface area contributed by atoms with Gasteiger partial charge in [-0.2, -0.15) is 0 Å². The van der Waals surface area contributed by atoms with Gasteiger partial charge in [0.1, 0.15) is 11.8 Å². The molecule has 2 aromatic heterocycles. The lowest BCUT2D eigenvalue weighted by atomic mass is 10.0. The van der Waals surface area contributed by atoms with Crippen LogP contribution in [0.3, 0.4) is 0 Å². The summed E-state index contributed by atoms with van der Waals surface area (Å²) >= 11 is 6.04. The molecular weight excluding hydrogens is 334 g/mol. The Morgan fingerprint density at radius 2 is 1.64 bits per heavy atom.